The minimum Gasteiger partial charge on any atom is -0.497 e. The van der Waals surface area contributed by atoms with Gasteiger partial charge in [-0.1, -0.05) is 6.07 Å². The van der Waals surface area contributed by atoms with Gasteiger partial charge >= 0.3 is 6.18 Å². The first-order valence-electron chi connectivity index (χ1n) is 11.1. The van der Waals surface area contributed by atoms with Crippen LogP contribution in [0.15, 0.2) is 48.5 Å². The van der Waals surface area contributed by atoms with Crippen LogP contribution in [-0.2, 0) is 15.8 Å². The number of carbonyl (C=O) groups excluding carboxylic acids is 3. The molecule has 0 aliphatic carbocycles. The van der Waals surface area contributed by atoms with Crippen molar-refractivity contribution in [2.24, 2.45) is 11.8 Å². The number of amides is 2. The molecule has 2 saturated heterocycles. The Bertz CT molecular complexity index is 1080. The number of Topliss-reactive ketones (excluding diaryl/α,β-unsaturated/α-hetero) is 1. The van der Waals surface area contributed by atoms with E-state index in [2.05, 4.69) is 0 Å². The van der Waals surface area contributed by atoms with Crippen molar-refractivity contribution < 1.29 is 32.3 Å². The summed E-state index contributed by atoms with van der Waals surface area (Å²) in [4.78, 5) is 41.2. The van der Waals surface area contributed by atoms with E-state index < -0.39 is 17.7 Å². The fraction of sp³-hybridized carbons (Fsp3) is 0.400. The summed E-state index contributed by atoms with van der Waals surface area (Å²) >= 11 is 0. The summed E-state index contributed by atoms with van der Waals surface area (Å²) in [5.41, 5.74) is -0.0983. The van der Waals surface area contributed by atoms with Crippen LogP contribution in [0.1, 0.15) is 35.2 Å². The van der Waals surface area contributed by atoms with Crippen molar-refractivity contribution >= 4 is 23.3 Å². The van der Waals surface area contributed by atoms with E-state index in [9.17, 15) is 27.6 Å². The lowest BCUT2D eigenvalue weighted by Crippen LogP contribution is -2.43. The van der Waals surface area contributed by atoms with Crippen LogP contribution in [0.3, 0.4) is 0 Å². The Labute approximate surface area is 195 Å². The molecule has 2 aromatic carbocycles. The third-order valence-electron chi connectivity index (χ3n) is 6.51. The molecule has 0 radical (unpaired) electrons. The minimum atomic E-state index is -4.51. The Hall–Kier alpha value is -3.36. The molecule has 180 valence electrons. The highest BCUT2D eigenvalue weighted by molar-refractivity contribution is 6.01. The molecular formula is C25H25F3N2O4. The topological polar surface area (TPSA) is 66.9 Å². The molecule has 0 unspecified atom stereocenters. The van der Waals surface area contributed by atoms with Crippen LogP contribution in [-0.4, -0.2) is 49.2 Å². The molecule has 2 amide bonds. The molecule has 4 rings (SSSR count). The van der Waals surface area contributed by atoms with Gasteiger partial charge < -0.3 is 14.5 Å². The molecule has 2 aliphatic rings. The lowest BCUT2D eigenvalue weighted by atomic mass is 9.88. The molecule has 2 aromatic rings. The average molecular weight is 474 g/mol. The normalized spacial score (nSPS) is 19.4. The number of carbonyl (C=O) groups is 3. The summed E-state index contributed by atoms with van der Waals surface area (Å²) in [6.45, 7) is 0.850. The van der Waals surface area contributed by atoms with Gasteiger partial charge in [-0.15, -0.1) is 0 Å². The molecule has 1 atom stereocenters. The van der Waals surface area contributed by atoms with E-state index >= 15 is 0 Å². The highest BCUT2D eigenvalue weighted by Crippen LogP contribution is 2.34. The van der Waals surface area contributed by atoms with Gasteiger partial charge in [0.15, 0.2) is 5.78 Å². The van der Waals surface area contributed by atoms with E-state index in [1.54, 1.807) is 36.3 Å². The molecule has 9 heteroatoms. The van der Waals surface area contributed by atoms with Gasteiger partial charge in [-0.3, -0.25) is 14.4 Å². The fourth-order valence-electron chi connectivity index (χ4n) is 4.58. The van der Waals surface area contributed by atoms with E-state index in [4.69, 9.17) is 4.74 Å². The Kier molecular flexibility index (Phi) is 6.63. The first-order chi connectivity index (χ1) is 16.2. The fourth-order valence-corrected chi connectivity index (χ4v) is 4.58. The summed E-state index contributed by atoms with van der Waals surface area (Å²) in [5.74, 6) is -0.677. The van der Waals surface area contributed by atoms with Crippen molar-refractivity contribution in [3.8, 4) is 5.75 Å². The second-order valence-electron chi connectivity index (χ2n) is 8.65. The monoisotopic (exact) mass is 474 g/mol. The smallest absolute Gasteiger partial charge is 0.416 e. The van der Waals surface area contributed by atoms with Crippen LogP contribution in [0.4, 0.5) is 18.9 Å². The number of ether oxygens (including phenoxy) is 1. The number of anilines is 1. The SMILES string of the molecule is COc1ccc(C(=O)C2CCN(C(=O)[C@H]3CC(=O)N(c4cccc(C(F)(F)F)c4)C3)CC2)cc1. The number of hydrogen-bond acceptors (Lipinski definition) is 4. The summed E-state index contributed by atoms with van der Waals surface area (Å²) < 4.78 is 44.2. The first-order valence-corrected chi connectivity index (χ1v) is 11.1. The van der Waals surface area contributed by atoms with E-state index in [1.165, 1.54) is 17.0 Å². The van der Waals surface area contributed by atoms with Crippen LogP contribution >= 0.6 is 0 Å². The second kappa shape index (κ2) is 9.48. The van der Waals surface area contributed by atoms with Crippen molar-refractivity contribution in [2.45, 2.75) is 25.4 Å². The molecule has 6 nitrogen and oxygen atoms in total. The van der Waals surface area contributed by atoms with Crippen molar-refractivity contribution in [3.05, 3.63) is 59.7 Å². The van der Waals surface area contributed by atoms with Crippen LogP contribution in [0.2, 0.25) is 0 Å². The zero-order valence-corrected chi connectivity index (χ0v) is 18.7. The van der Waals surface area contributed by atoms with Gasteiger partial charge in [0.1, 0.15) is 5.75 Å². The van der Waals surface area contributed by atoms with Crippen LogP contribution in [0.5, 0.6) is 5.75 Å². The highest BCUT2D eigenvalue weighted by Gasteiger charge is 2.39. The molecule has 0 bridgehead atoms. The van der Waals surface area contributed by atoms with Crippen molar-refractivity contribution in [3.63, 3.8) is 0 Å². The van der Waals surface area contributed by atoms with Gasteiger partial charge in [0.2, 0.25) is 11.8 Å². The molecule has 2 fully saturated rings. The van der Waals surface area contributed by atoms with Gasteiger partial charge in [-0.25, -0.2) is 0 Å². The van der Waals surface area contributed by atoms with Crippen LogP contribution < -0.4 is 9.64 Å². The van der Waals surface area contributed by atoms with Gasteiger partial charge in [0.05, 0.1) is 18.6 Å². The summed E-state index contributed by atoms with van der Waals surface area (Å²) in [6, 6.07) is 11.5. The highest BCUT2D eigenvalue weighted by atomic mass is 19.4. The van der Waals surface area contributed by atoms with Gasteiger partial charge in [-0.2, -0.15) is 13.2 Å². The third kappa shape index (κ3) is 4.93. The van der Waals surface area contributed by atoms with Gasteiger partial charge in [-0.05, 0) is 55.3 Å². The lowest BCUT2D eigenvalue weighted by molar-refractivity contribution is -0.138. The number of piperidine rings is 1. The van der Waals surface area contributed by atoms with Crippen LogP contribution in [0, 0.1) is 11.8 Å². The van der Waals surface area contributed by atoms with Gasteiger partial charge in [0.25, 0.3) is 0 Å². The number of hydrogen-bond donors (Lipinski definition) is 0. The molecular weight excluding hydrogens is 449 g/mol. The van der Waals surface area contributed by atoms with Crippen LogP contribution in [0.25, 0.3) is 0 Å². The van der Waals surface area contributed by atoms with Crippen molar-refractivity contribution in [1.29, 1.82) is 0 Å². The molecule has 0 saturated carbocycles. The average Bonchev–Trinajstić information content (AvgIpc) is 3.24. The molecule has 34 heavy (non-hydrogen) atoms. The summed E-state index contributed by atoms with van der Waals surface area (Å²) in [7, 11) is 1.56. The molecule has 2 heterocycles. The number of nitrogens with zero attached hydrogens (tertiary/aromatic N) is 2. The largest absolute Gasteiger partial charge is 0.497 e. The maximum Gasteiger partial charge on any atom is 0.416 e. The van der Waals surface area contributed by atoms with Crippen molar-refractivity contribution in [2.75, 3.05) is 31.6 Å². The Morgan fingerprint density at radius 3 is 2.29 bits per heavy atom. The van der Waals surface area contributed by atoms with E-state index in [0.717, 1.165) is 12.1 Å². The molecule has 0 spiro atoms. The Balaban J connectivity index is 1.35. The standard InChI is InChI=1S/C25H25F3N2O4/c1-34-21-7-5-16(6-8-21)23(32)17-9-11-29(12-10-17)24(33)18-13-22(31)30(15-18)20-4-2-3-19(14-20)25(26,27)28/h2-8,14,17-18H,9-13,15H2,1H3/t18-/m0/s1. The summed E-state index contributed by atoms with van der Waals surface area (Å²) in [5, 5.41) is 0. The molecule has 0 aromatic heterocycles. The molecule has 0 N–H and O–H groups in total. The maximum atomic E-state index is 13.0. The van der Waals surface area contributed by atoms with Crippen molar-refractivity contribution in [1.82, 2.24) is 4.90 Å². The number of rotatable bonds is 5. The quantitative estimate of drug-likeness (QED) is 0.610. The molecule has 2 aliphatic heterocycles. The Morgan fingerprint density at radius 2 is 1.68 bits per heavy atom. The van der Waals surface area contributed by atoms with E-state index in [-0.39, 0.29) is 42.2 Å². The predicted molar refractivity (Wildman–Crippen MR) is 119 cm³/mol. The maximum absolute atomic E-state index is 13.0. The predicted octanol–water partition coefficient (Wildman–Crippen LogP) is 4.19. The number of likely N-dealkylation sites (tertiary alicyclic amines) is 1. The number of methoxy groups -OCH3 is 1. The number of ketones is 1. The minimum absolute atomic E-state index is 0.0292. The lowest BCUT2D eigenvalue weighted by Gasteiger charge is -2.33. The summed E-state index contributed by atoms with van der Waals surface area (Å²) in [6.07, 6.45) is -3.51. The zero-order valence-electron chi connectivity index (χ0n) is 18.7. The zero-order chi connectivity index (χ0) is 24.5. The number of benzene rings is 2. The van der Waals surface area contributed by atoms with Gasteiger partial charge in [0, 0.05) is 43.2 Å². The first kappa shape index (κ1) is 23.8. The third-order valence-corrected chi connectivity index (χ3v) is 6.51. The van der Waals surface area contributed by atoms with E-state index in [0.29, 0.717) is 37.2 Å². The van der Waals surface area contributed by atoms with E-state index in [1.807, 2.05) is 0 Å². The number of halogens is 3. The Morgan fingerprint density at radius 1 is 1.00 bits per heavy atom. The number of alkyl halides is 3. The second-order valence-corrected chi connectivity index (χ2v) is 8.65.